The van der Waals surface area contributed by atoms with E-state index in [0.717, 1.165) is 28.4 Å². The van der Waals surface area contributed by atoms with E-state index in [2.05, 4.69) is 26.7 Å². The molecule has 0 saturated heterocycles. The van der Waals surface area contributed by atoms with E-state index in [1.54, 1.807) is 19.2 Å². The predicted octanol–water partition coefficient (Wildman–Crippen LogP) is 5.51. The number of nitrogens with one attached hydrogen (secondary N) is 2. The van der Waals surface area contributed by atoms with Gasteiger partial charge in [-0.1, -0.05) is 42.5 Å². The molecule has 0 amide bonds. The molecule has 0 fully saturated rings. The minimum Gasteiger partial charge on any atom is -0.497 e. The van der Waals surface area contributed by atoms with Crippen LogP contribution in [0.2, 0.25) is 0 Å². The van der Waals surface area contributed by atoms with Crippen LogP contribution in [0.3, 0.4) is 0 Å². The third kappa shape index (κ3) is 4.54. The number of nitriles is 1. The Labute approximate surface area is 174 Å². The van der Waals surface area contributed by atoms with Crippen LogP contribution in [0.25, 0.3) is 11.3 Å². The molecule has 6 heteroatoms. The summed E-state index contributed by atoms with van der Waals surface area (Å²) in [5.41, 5.74) is 3.90. The maximum absolute atomic E-state index is 9.14. The van der Waals surface area contributed by atoms with E-state index < -0.39 is 0 Å². The number of anilines is 4. The van der Waals surface area contributed by atoms with Gasteiger partial charge in [0.15, 0.2) is 0 Å². The average Bonchev–Trinajstić information content (AvgIpc) is 2.80. The zero-order chi connectivity index (χ0) is 20.8. The zero-order valence-corrected chi connectivity index (χ0v) is 16.3. The molecule has 1 aromatic heterocycles. The lowest BCUT2D eigenvalue weighted by Gasteiger charge is -2.12. The van der Waals surface area contributed by atoms with Gasteiger partial charge in [0.2, 0.25) is 5.95 Å². The lowest BCUT2D eigenvalue weighted by Crippen LogP contribution is -2.02. The molecule has 1 heterocycles. The molecule has 0 atom stereocenters. The molecule has 0 radical (unpaired) electrons. The van der Waals surface area contributed by atoms with Crippen molar-refractivity contribution in [2.45, 2.75) is 0 Å². The molecule has 0 aliphatic carbocycles. The molecule has 4 aromatic rings. The average molecular weight is 393 g/mol. The molecule has 0 bridgehead atoms. The van der Waals surface area contributed by atoms with Gasteiger partial charge in [0.05, 0.1) is 24.4 Å². The molecule has 146 valence electrons. The first-order chi connectivity index (χ1) is 14.7. The highest BCUT2D eigenvalue weighted by molar-refractivity contribution is 5.69. The lowest BCUT2D eigenvalue weighted by atomic mass is 10.1. The van der Waals surface area contributed by atoms with Gasteiger partial charge in [-0.05, 0) is 30.3 Å². The molecule has 3 aromatic carbocycles. The van der Waals surface area contributed by atoms with Crippen LogP contribution in [0.15, 0.2) is 84.9 Å². The second-order valence-electron chi connectivity index (χ2n) is 6.50. The van der Waals surface area contributed by atoms with Crippen molar-refractivity contribution in [1.82, 2.24) is 9.97 Å². The number of ether oxygens (including phenoxy) is 1. The van der Waals surface area contributed by atoms with Gasteiger partial charge in [0.25, 0.3) is 0 Å². The number of benzene rings is 3. The van der Waals surface area contributed by atoms with Crippen LogP contribution in [-0.2, 0) is 0 Å². The first-order valence-electron chi connectivity index (χ1n) is 9.36. The van der Waals surface area contributed by atoms with E-state index in [1.807, 2.05) is 72.8 Å². The lowest BCUT2D eigenvalue weighted by molar-refractivity contribution is 0.415. The largest absolute Gasteiger partial charge is 0.497 e. The summed E-state index contributed by atoms with van der Waals surface area (Å²) >= 11 is 0. The van der Waals surface area contributed by atoms with Gasteiger partial charge in [-0.2, -0.15) is 10.2 Å². The smallest absolute Gasteiger partial charge is 0.229 e. The van der Waals surface area contributed by atoms with Gasteiger partial charge >= 0.3 is 0 Å². The molecular formula is C24H19N5O. The fourth-order valence-corrected chi connectivity index (χ4v) is 2.97. The second-order valence-corrected chi connectivity index (χ2v) is 6.50. The predicted molar refractivity (Wildman–Crippen MR) is 118 cm³/mol. The van der Waals surface area contributed by atoms with E-state index in [-0.39, 0.29) is 0 Å². The quantitative estimate of drug-likeness (QED) is 0.449. The third-order valence-corrected chi connectivity index (χ3v) is 4.39. The SMILES string of the molecule is COc1cccc(Nc2cc(-c3ccccc3)nc(Nc3cccc(C#N)c3)n2)c1. The highest BCUT2D eigenvalue weighted by atomic mass is 16.5. The Kier molecular flexibility index (Phi) is 5.54. The van der Waals surface area contributed by atoms with Crippen molar-refractivity contribution in [2.75, 3.05) is 17.7 Å². The summed E-state index contributed by atoms with van der Waals surface area (Å²) in [5.74, 6) is 1.82. The molecule has 0 spiro atoms. The van der Waals surface area contributed by atoms with Gasteiger partial charge in [-0.15, -0.1) is 0 Å². The Morgan fingerprint density at radius 3 is 2.33 bits per heavy atom. The number of hydrogen-bond donors (Lipinski definition) is 2. The normalized spacial score (nSPS) is 10.1. The van der Waals surface area contributed by atoms with Crippen molar-refractivity contribution in [1.29, 1.82) is 5.26 Å². The van der Waals surface area contributed by atoms with Crippen molar-refractivity contribution >= 4 is 23.1 Å². The van der Waals surface area contributed by atoms with Gasteiger partial charge in [-0.25, -0.2) is 4.98 Å². The molecule has 6 nitrogen and oxygen atoms in total. The Balaban J connectivity index is 1.71. The van der Waals surface area contributed by atoms with Gasteiger partial charge in [0.1, 0.15) is 11.6 Å². The molecule has 30 heavy (non-hydrogen) atoms. The van der Waals surface area contributed by atoms with Crippen LogP contribution in [-0.4, -0.2) is 17.1 Å². The summed E-state index contributed by atoms with van der Waals surface area (Å²) < 4.78 is 5.30. The van der Waals surface area contributed by atoms with Gasteiger partial charge in [-0.3, -0.25) is 0 Å². The van der Waals surface area contributed by atoms with E-state index >= 15 is 0 Å². The summed E-state index contributed by atoms with van der Waals surface area (Å²) in [6.45, 7) is 0. The highest BCUT2D eigenvalue weighted by Gasteiger charge is 2.09. The Hall–Kier alpha value is -4.37. The van der Waals surface area contributed by atoms with Crippen LogP contribution in [0.5, 0.6) is 5.75 Å². The summed E-state index contributed by atoms with van der Waals surface area (Å²) in [6.07, 6.45) is 0. The Morgan fingerprint density at radius 2 is 1.57 bits per heavy atom. The number of rotatable bonds is 6. The molecule has 0 saturated carbocycles. The minimum atomic E-state index is 0.428. The molecular weight excluding hydrogens is 374 g/mol. The van der Waals surface area contributed by atoms with Gasteiger partial charge < -0.3 is 15.4 Å². The van der Waals surface area contributed by atoms with E-state index in [0.29, 0.717) is 17.3 Å². The molecule has 2 N–H and O–H groups in total. The van der Waals surface area contributed by atoms with Crippen LogP contribution in [0.1, 0.15) is 5.56 Å². The summed E-state index contributed by atoms with van der Waals surface area (Å²) in [4.78, 5) is 9.26. The molecule has 0 unspecified atom stereocenters. The number of nitrogens with zero attached hydrogens (tertiary/aromatic N) is 3. The van der Waals surface area contributed by atoms with Crippen LogP contribution in [0, 0.1) is 11.3 Å². The van der Waals surface area contributed by atoms with Crippen molar-refractivity contribution < 1.29 is 4.74 Å². The van der Waals surface area contributed by atoms with Crippen molar-refractivity contribution in [3.05, 3.63) is 90.5 Å². The zero-order valence-electron chi connectivity index (χ0n) is 16.3. The van der Waals surface area contributed by atoms with Crippen LogP contribution in [0.4, 0.5) is 23.1 Å². The van der Waals surface area contributed by atoms with Crippen LogP contribution >= 0.6 is 0 Å². The monoisotopic (exact) mass is 393 g/mol. The molecule has 0 aliphatic rings. The fraction of sp³-hybridized carbons (Fsp3) is 0.0417. The third-order valence-electron chi connectivity index (χ3n) is 4.39. The molecule has 0 aliphatic heterocycles. The molecule has 4 rings (SSSR count). The standard InChI is InChI=1S/C24H19N5O/c1-30-21-12-6-11-20(14-21)26-23-15-22(18-8-3-2-4-9-18)28-24(29-23)27-19-10-5-7-17(13-19)16-25/h2-15H,1H3,(H2,26,27,28,29). The second kappa shape index (κ2) is 8.76. The maximum atomic E-state index is 9.14. The van der Waals surface area contributed by atoms with Gasteiger partial charge in [0, 0.05) is 29.1 Å². The number of hydrogen-bond acceptors (Lipinski definition) is 6. The van der Waals surface area contributed by atoms with Crippen molar-refractivity contribution in [2.24, 2.45) is 0 Å². The Morgan fingerprint density at radius 1 is 0.800 bits per heavy atom. The topological polar surface area (TPSA) is 82.9 Å². The number of aromatic nitrogens is 2. The minimum absolute atomic E-state index is 0.428. The van der Waals surface area contributed by atoms with Crippen molar-refractivity contribution in [3.8, 4) is 23.1 Å². The van der Waals surface area contributed by atoms with E-state index in [1.165, 1.54) is 0 Å². The first-order valence-corrected chi connectivity index (χ1v) is 9.36. The van der Waals surface area contributed by atoms with Crippen molar-refractivity contribution in [3.63, 3.8) is 0 Å². The first kappa shape index (κ1) is 19.0. The summed E-state index contributed by atoms with van der Waals surface area (Å²) in [5, 5.41) is 15.7. The fourth-order valence-electron chi connectivity index (χ4n) is 2.97. The summed E-state index contributed by atoms with van der Waals surface area (Å²) in [6, 6.07) is 28.8. The number of methoxy groups -OCH3 is 1. The van der Waals surface area contributed by atoms with E-state index in [4.69, 9.17) is 10.00 Å². The maximum Gasteiger partial charge on any atom is 0.229 e. The van der Waals surface area contributed by atoms with Crippen LogP contribution < -0.4 is 15.4 Å². The Bertz CT molecular complexity index is 1200. The summed E-state index contributed by atoms with van der Waals surface area (Å²) in [7, 11) is 1.63. The van der Waals surface area contributed by atoms with E-state index in [9.17, 15) is 0 Å². The highest BCUT2D eigenvalue weighted by Crippen LogP contribution is 2.26.